The Balaban J connectivity index is 1.89. The molecule has 0 aromatic carbocycles. The highest BCUT2D eigenvalue weighted by Gasteiger charge is 2.31. The average molecular weight is 328 g/mol. The molecule has 1 aromatic rings. The van der Waals surface area contributed by atoms with Gasteiger partial charge in [-0.05, 0) is 18.8 Å². The first-order chi connectivity index (χ1) is 10.4. The molecule has 0 radical (unpaired) electrons. The molecule has 1 saturated heterocycles. The standard InChI is InChI=1S/C15H28N4O2S/c1-4-7-18-11-13(10-17-18)9-16-15-6-8-19(22(3,20)21)12-14(15)5-2/h10-11,14-16H,4-9,12H2,1-3H3/t14-,15+/m1/s1. The highest BCUT2D eigenvalue weighted by molar-refractivity contribution is 7.88. The minimum absolute atomic E-state index is 0.370. The van der Waals surface area contributed by atoms with E-state index in [0.29, 0.717) is 25.0 Å². The maximum Gasteiger partial charge on any atom is 0.211 e. The van der Waals surface area contributed by atoms with Crippen LogP contribution in [0.1, 0.15) is 38.7 Å². The molecule has 1 fully saturated rings. The average Bonchev–Trinajstić information content (AvgIpc) is 2.92. The summed E-state index contributed by atoms with van der Waals surface area (Å²) >= 11 is 0. The van der Waals surface area contributed by atoms with E-state index in [-0.39, 0.29) is 0 Å². The summed E-state index contributed by atoms with van der Waals surface area (Å²) in [7, 11) is -3.07. The Bertz CT molecular complexity index is 570. The predicted octanol–water partition coefficient (Wildman–Crippen LogP) is 1.44. The van der Waals surface area contributed by atoms with Gasteiger partial charge in [0.15, 0.2) is 0 Å². The SMILES string of the molecule is CCCn1cc(CN[C@H]2CCN(S(C)(=O)=O)C[C@H]2CC)cn1. The van der Waals surface area contributed by atoms with Gasteiger partial charge in [-0.3, -0.25) is 4.68 Å². The fourth-order valence-electron chi connectivity index (χ4n) is 3.08. The molecule has 1 aliphatic rings. The number of piperidine rings is 1. The first kappa shape index (κ1) is 17.4. The first-order valence-electron chi connectivity index (χ1n) is 8.13. The third-order valence-electron chi connectivity index (χ3n) is 4.40. The van der Waals surface area contributed by atoms with Gasteiger partial charge in [-0.25, -0.2) is 12.7 Å². The predicted molar refractivity (Wildman–Crippen MR) is 88.0 cm³/mol. The van der Waals surface area contributed by atoms with E-state index in [2.05, 4.69) is 30.5 Å². The number of aromatic nitrogens is 2. The maximum atomic E-state index is 11.7. The van der Waals surface area contributed by atoms with Crippen molar-refractivity contribution in [3.63, 3.8) is 0 Å². The van der Waals surface area contributed by atoms with Crippen molar-refractivity contribution in [3.8, 4) is 0 Å². The zero-order valence-corrected chi connectivity index (χ0v) is 14.6. The monoisotopic (exact) mass is 328 g/mol. The van der Waals surface area contributed by atoms with Crippen LogP contribution < -0.4 is 5.32 Å². The lowest BCUT2D eigenvalue weighted by atomic mass is 9.91. The number of nitrogens with zero attached hydrogens (tertiary/aromatic N) is 3. The number of hydrogen-bond acceptors (Lipinski definition) is 4. The largest absolute Gasteiger partial charge is 0.309 e. The van der Waals surface area contributed by atoms with Crippen molar-refractivity contribution in [1.82, 2.24) is 19.4 Å². The van der Waals surface area contributed by atoms with E-state index in [0.717, 1.165) is 32.4 Å². The third-order valence-corrected chi connectivity index (χ3v) is 5.67. The smallest absolute Gasteiger partial charge is 0.211 e. The lowest BCUT2D eigenvalue weighted by Crippen LogP contribution is -2.50. The van der Waals surface area contributed by atoms with Crippen molar-refractivity contribution in [2.24, 2.45) is 5.92 Å². The second-order valence-electron chi connectivity index (χ2n) is 6.18. The number of sulfonamides is 1. The Morgan fingerprint density at radius 3 is 2.82 bits per heavy atom. The third kappa shape index (κ3) is 4.54. The van der Waals surface area contributed by atoms with Gasteiger partial charge in [0, 0.05) is 44.0 Å². The summed E-state index contributed by atoms with van der Waals surface area (Å²) < 4.78 is 27.0. The summed E-state index contributed by atoms with van der Waals surface area (Å²) in [5.74, 6) is 0.370. The van der Waals surface area contributed by atoms with E-state index in [4.69, 9.17) is 0 Å². The molecule has 2 heterocycles. The minimum Gasteiger partial charge on any atom is -0.309 e. The molecule has 6 nitrogen and oxygen atoms in total. The van der Waals surface area contributed by atoms with E-state index in [1.807, 2.05) is 10.9 Å². The number of nitrogens with one attached hydrogen (secondary N) is 1. The molecule has 0 bridgehead atoms. The lowest BCUT2D eigenvalue weighted by Gasteiger charge is -2.37. The van der Waals surface area contributed by atoms with Gasteiger partial charge in [0.05, 0.1) is 12.5 Å². The minimum atomic E-state index is -3.07. The van der Waals surface area contributed by atoms with Crippen molar-refractivity contribution in [2.45, 2.75) is 52.2 Å². The Hall–Kier alpha value is -0.920. The van der Waals surface area contributed by atoms with Gasteiger partial charge in [-0.15, -0.1) is 0 Å². The van der Waals surface area contributed by atoms with Gasteiger partial charge in [0.2, 0.25) is 10.0 Å². The molecule has 1 aromatic heterocycles. The molecule has 126 valence electrons. The van der Waals surface area contributed by atoms with E-state index < -0.39 is 10.0 Å². The van der Waals surface area contributed by atoms with Crippen molar-refractivity contribution < 1.29 is 8.42 Å². The van der Waals surface area contributed by atoms with Crippen LogP contribution in [0.15, 0.2) is 12.4 Å². The molecule has 22 heavy (non-hydrogen) atoms. The Kier molecular flexibility index (Phi) is 6.00. The van der Waals surface area contributed by atoms with Crippen molar-refractivity contribution in [1.29, 1.82) is 0 Å². The molecule has 2 atom stereocenters. The van der Waals surface area contributed by atoms with Crippen LogP contribution >= 0.6 is 0 Å². The maximum absolute atomic E-state index is 11.7. The molecule has 0 saturated carbocycles. The molecule has 1 aliphatic heterocycles. The zero-order chi connectivity index (χ0) is 16.2. The van der Waals surface area contributed by atoms with Gasteiger partial charge >= 0.3 is 0 Å². The summed E-state index contributed by atoms with van der Waals surface area (Å²) in [5, 5.41) is 7.93. The Morgan fingerprint density at radius 2 is 2.18 bits per heavy atom. The van der Waals surface area contributed by atoms with E-state index in [9.17, 15) is 8.42 Å². The molecule has 0 unspecified atom stereocenters. The van der Waals surface area contributed by atoms with Crippen LogP contribution in [-0.4, -0.2) is 47.9 Å². The molecular formula is C15H28N4O2S. The number of hydrogen-bond donors (Lipinski definition) is 1. The van der Waals surface area contributed by atoms with Crippen LogP contribution in [0.5, 0.6) is 0 Å². The summed E-state index contributed by atoms with van der Waals surface area (Å²) in [6.07, 6.45) is 8.23. The molecule has 0 amide bonds. The topological polar surface area (TPSA) is 67.2 Å². The van der Waals surface area contributed by atoms with Crippen LogP contribution in [0, 0.1) is 5.92 Å². The first-order valence-corrected chi connectivity index (χ1v) is 9.98. The van der Waals surface area contributed by atoms with Gasteiger partial charge in [-0.2, -0.15) is 5.10 Å². The highest BCUT2D eigenvalue weighted by Crippen LogP contribution is 2.22. The zero-order valence-electron chi connectivity index (χ0n) is 13.8. The van der Waals surface area contributed by atoms with Crippen LogP contribution in [0.4, 0.5) is 0 Å². The molecule has 0 spiro atoms. The molecule has 0 aliphatic carbocycles. The quantitative estimate of drug-likeness (QED) is 0.822. The Labute approximate surface area is 133 Å². The normalized spacial score (nSPS) is 23.8. The summed E-state index contributed by atoms with van der Waals surface area (Å²) in [5.41, 5.74) is 1.19. The fourth-order valence-corrected chi connectivity index (χ4v) is 3.98. The van der Waals surface area contributed by atoms with E-state index in [1.165, 1.54) is 11.8 Å². The van der Waals surface area contributed by atoms with Crippen molar-refractivity contribution in [2.75, 3.05) is 19.3 Å². The number of rotatable bonds is 7. The number of aryl methyl sites for hydroxylation is 1. The van der Waals surface area contributed by atoms with Crippen LogP contribution in [0.25, 0.3) is 0 Å². The molecular weight excluding hydrogens is 300 g/mol. The second kappa shape index (κ2) is 7.57. The fraction of sp³-hybridized carbons (Fsp3) is 0.800. The van der Waals surface area contributed by atoms with Crippen molar-refractivity contribution >= 4 is 10.0 Å². The Morgan fingerprint density at radius 1 is 1.41 bits per heavy atom. The van der Waals surface area contributed by atoms with Crippen molar-refractivity contribution in [3.05, 3.63) is 18.0 Å². The molecule has 7 heteroatoms. The molecule has 1 N–H and O–H groups in total. The van der Waals surface area contributed by atoms with E-state index >= 15 is 0 Å². The van der Waals surface area contributed by atoms with Gasteiger partial charge in [0.25, 0.3) is 0 Å². The van der Waals surface area contributed by atoms with Crippen LogP contribution in [0.3, 0.4) is 0 Å². The highest BCUT2D eigenvalue weighted by atomic mass is 32.2. The second-order valence-corrected chi connectivity index (χ2v) is 8.16. The summed E-state index contributed by atoms with van der Waals surface area (Å²) in [6.45, 7) is 7.25. The van der Waals surface area contributed by atoms with E-state index in [1.54, 1.807) is 4.31 Å². The molecule has 2 rings (SSSR count). The lowest BCUT2D eigenvalue weighted by molar-refractivity contribution is 0.202. The van der Waals surface area contributed by atoms with Gasteiger partial charge in [-0.1, -0.05) is 20.3 Å². The summed E-state index contributed by atoms with van der Waals surface area (Å²) in [6, 6.07) is 0.373. The van der Waals surface area contributed by atoms with Crippen LogP contribution in [-0.2, 0) is 23.1 Å². The van der Waals surface area contributed by atoms with Gasteiger partial charge < -0.3 is 5.32 Å². The van der Waals surface area contributed by atoms with Gasteiger partial charge in [0.1, 0.15) is 0 Å². The summed E-state index contributed by atoms with van der Waals surface area (Å²) in [4.78, 5) is 0. The van der Waals surface area contributed by atoms with Crippen LogP contribution in [0.2, 0.25) is 0 Å².